The molecule has 0 aliphatic heterocycles. The Morgan fingerprint density at radius 2 is 2.00 bits per heavy atom. The highest BCUT2D eigenvalue weighted by Gasteiger charge is 2.27. The van der Waals surface area contributed by atoms with E-state index in [1.807, 2.05) is 32.3 Å². The van der Waals surface area contributed by atoms with Crippen LogP contribution >= 0.6 is 0 Å². The van der Waals surface area contributed by atoms with Crippen LogP contribution in [0.2, 0.25) is 0 Å². The van der Waals surface area contributed by atoms with E-state index in [-0.39, 0.29) is 18.6 Å². The maximum absolute atomic E-state index is 9.52. The molecular weight excluding hydrogens is 200 g/mol. The second-order valence-electron chi connectivity index (χ2n) is 4.75. The van der Waals surface area contributed by atoms with Gasteiger partial charge in [0.2, 0.25) is 0 Å². The van der Waals surface area contributed by atoms with Gasteiger partial charge in [0.15, 0.2) is 0 Å². The zero-order valence-electron chi connectivity index (χ0n) is 10.6. The minimum atomic E-state index is 0.172. The molecule has 3 heteroatoms. The van der Waals surface area contributed by atoms with Gasteiger partial charge in [-0.2, -0.15) is 0 Å². The molecule has 1 heterocycles. The van der Waals surface area contributed by atoms with Crippen molar-refractivity contribution in [3.8, 4) is 0 Å². The van der Waals surface area contributed by atoms with E-state index in [4.69, 9.17) is 0 Å². The van der Waals surface area contributed by atoms with Crippen molar-refractivity contribution in [2.75, 3.05) is 20.7 Å². The summed E-state index contributed by atoms with van der Waals surface area (Å²) in [5.41, 5.74) is 1.03. The van der Waals surface area contributed by atoms with E-state index in [0.29, 0.717) is 5.92 Å². The Labute approximate surface area is 98.1 Å². The number of aromatic nitrogens is 1. The van der Waals surface area contributed by atoms with Crippen LogP contribution < -0.4 is 0 Å². The predicted molar refractivity (Wildman–Crippen MR) is 66.1 cm³/mol. The van der Waals surface area contributed by atoms with Crippen molar-refractivity contribution in [1.82, 2.24) is 9.88 Å². The fourth-order valence-corrected chi connectivity index (χ4v) is 2.09. The molecule has 16 heavy (non-hydrogen) atoms. The van der Waals surface area contributed by atoms with Crippen LogP contribution in [-0.4, -0.2) is 35.7 Å². The minimum absolute atomic E-state index is 0.172. The first-order valence-electron chi connectivity index (χ1n) is 5.76. The molecule has 2 unspecified atom stereocenters. The van der Waals surface area contributed by atoms with Gasteiger partial charge in [-0.1, -0.05) is 19.9 Å². The number of hydrogen-bond donors (Lipinski definition) is 1. The molecule has 0 spiro atoms. The number of nitrogens with zero attached hydrogens (tertiary/aromatic N) is 2. The van der Waals surface area contributed by atoms with E-state index in [1.165, 1.54) is 0 Å². The van der Waals surface area contributed by atoms with Crippen LogP contribution in [0.15, 0.2) is 24.4 Å². The number of aliphatic hydroxyl groups excluding tert-OH is 1. The van der Waals surface area contributed by atoms with Crippen LogP contribution in [0.5, 0.6) is 0 Å². The van der Waals surface area contributed by atoms with E-state index < -0.39 is 0 Å². The Morgan fingerprint density at radius 3 is 2.38 bits per heavy atom. The standard InChI is InChI=1S/C13H22N2O/c1-10(2)11(9-16)13(15(3)4)12-7-5-6-8-14-12/h5-8,10-11,13,16H,9H2,1-4H3. The van der Waals surface area contributed by atoms with Gasteiger partial charge >= 0.3 is 0 Å². The quantitative estimate of drug-likeness (QED) is 0.827. The largest absolute Gasteiger partial charge is 0.396 e. The second-order valence-corrected chi connectivity index (χ2v) is 4.75. The van der Waals surface area contributed by atoms with E-state index in [9.17, 15) is 5.11 Å². The lowest BCUT2D eigenvalue weighted by Gasteiger charge is -2.33. The Hall–Kier alpha value is -0.930. The lowest BCUT2D eigenvalue weighted by atomic mass is 9.86. The molecule has 1 aromatic rings. The highest BCUT2D eigenvalue weighted by atomic mass is 16.3. The van der Waals surface area contributed by atoms with Crippen molar-refractivity contribution >= 4 is 0 Å². The molecule has 2 atom stereocenters. The Kier molecular flexibility index (Phi) is 4.90. The van der Waals surface area contributed by atoms with Crippen LogP contribution in [0, 0.1) is 11.8 Å². The summed E-state index contributed by atoms with van der Waals surface area (Å²) < 4.78 is 0. The van der Waals surface area contributed by atoms with Crippen molar-refractivity contribution < 1.29 is 5.11 Å². The Morgan fingerprint density at radius 1 is 1.31 bits per heavy atom. The molecule has 0 fully saturated rings. The number of pyridine rings is 1. The highest BCUT2D eigenvalue weighted by Crippen LogP contribution is 2.30. The van der Waals surface area contributed by atoms with Crippen LogP contribution in [0.3, 0.4) is 0 Å². The first-order valence-corrected chi connectivity index (χ1v) is 5.76. The molecular formula is C13H22N2O. The third kappa shape index (κ3) is 3.03. The normalized spacial score (nSPS) is 15.4. The maximum Gasteiger partial charge on any atom is 0.0579 e. The molecule has 0 aliphatic rings. The van der Waals surface area contributed by atoms with Crippen molar-refractivity contribution in [3.05, 3.63) is 30.1 Å². The topological polar surface area (TPSA) is 36.4 Å². The number of hydrogen-bond acceptors (Lipinski definition) is 3. The first kappa shape index (κ1) is 13.1. The van der Waals surface area contributed by atoms with Crippen LogP contribution in [0.25, 0.3) is 0 Å². The van der Waals surface area contributed by atoms with Gasteiger partial charge in [0, 0.05) is 18.7 Å². The summed E-state index contributed by atoms with van der Waals surface area (Å²) in [6.07, 6.45) is 1.81. The molecule has 90 valence electrons. The smallest absolute Gasteiger partial charge is 0.0579 e. The lowest BCUT2D eigenvalue weighted by Crippen LogP contribution is -2.33. The van der Waals surface area contributed by atoms with Gasteiger partial charge in [-0.05, 0) is 32.1 Å². The van der Waals surface area contributed by atoms with Gasteiger partial charge in [-0.25, -0.2) is 0 Å². The highest BCUT2D eigenvalue weighted by molar-refractivity contribution is 5.10. The van der Waals surface area contributed by atoms with E-state index in [0.717, 1.165) is 5.69 Å². The Balaban J connectivity index is 2.99. The SMILES string of the molecule is CC(C)C(CO)C(c1ccccn1)N(C)C. The average Bonchev–Trinajstić information content (AvgIpc) is 2.25. The third-order valence-corrected chi connectivity index (χ3v) is 3.02. The molecule has 1 aromatic heterocycles. The van der Waals surface area contributed by atoms with Gasteiger partial charge in [0.1, 0.15) is 0 Å². The molecule has 3 nitrogen and oxygen atoms in total. The summed E-state index contributed by atoms with van der Waals surface area (Å²) in [4.78, 5) is 6.53. The van der Waals surface area contributed by atoms with E-state index in [2.05, 4.69) is 23.7 Å². The van der Waals surface area contributed by atoms with Crippen LogP contribution in [0.1, 0.15) is 25.6 Å². The molecule has 0 bridgehead atoms. The average molecular weight is 222 g/mol. The van der Waals surface area contributed by atoms with Gasteiger partial charge in [-0.15, -0.1) is 0 Å². The molecule has 0 saturated heterocycles. The Bertz CT molecular complexity index is 298. The zero-order chi connectivity index (χ0) is 12.1. The summed E-state index contributed by atoms with van der Waals surface area (Å²) in [6, 6.07) is 6.11. The minimum Gasteiger partial charge on any atom is -0.396 e. The number of rotatable bonds is 5. The maximum atomic E-state index is 9.52. The summed E-state index contributed by atoms with van der Waals surface area (Å²) in [5, 5.41) is 9.52. The van der Waals surface area contributed by atoms with Gasteiger partial charge < -0.3 is 10.0 Å². The van der Waals surface area contributed by atoms with Crippen LogP contribution in [0.4, 0.5) is 0 Å². The second kappa shape index (κ2) is 5.97. The zero-order valence-corrected chi connectivity index (χ0v) is 10.6. The fraction of sp³-hybridized carbons (Fsp3) is 0.615. The van der Waals surface area contributed by atoms with Crippen molar-refractivity contribution in [1.29, 1.82) is 0 Å². The van der Waals surface area contributed by atoms with E-state index >= 15 is 0 Å². The van der Waals surface area contributed by atoms with Gasteiger partial charge in [-0.3, -0.25) is 4.98 Å². The van der Waals surface area contributed by atoms with Crippen LogP contribution in [-0.2, 0) is 0 Å². The summed E-state index contributed by atoms with van der Waals surface area (Å²) >= 11 is 0. The summed E-state index contributed by atoms with van der Waals surface area (Å²) in [7, 11) is 4.06. The number of aliphatic hydroxyl groups is 1. The molecule has 0 amide bonds. The monoisotopic (exact) mass is 222 g/mol. The van der Waals surface area contributed by atoms with Gasteiger partial charge in [0.25, 0.3) is 0 Å². The molecule has 0 radical (unpaired) electrons. The fourth-order valence-electron chi connectivity index (χ4n) is 2.09. The molecule has 0 aromatic carbocycles. The predicted octanol–water partition coefficient (Wildman–Crippen LogP) is 1.95. The third-order valence-electron chi connectivity index (χ3n) is 3.02. The first-order chi connectivity index (χ1) is 7.57. The summed E-state index contributed by atoms with van der Waals surface area (Å²) in [5.74, 6) is 0.643. The van der Waals surface area contributed by atoms with Gasteiger partial charge in [0.05, 0.1) is 11.7 Å². The van der Waals surface area contributed by atoms with E-state index in [1.54, 1.807) is 6.20 Å². The van der Waals surface area contributed by atoms with Crippen molar-refractivity contribution in [2.45, 2.75) is 19.9 Å². The molecule has 0 saturated carbocycles. The molecule has 1 N–H and O–H groups in total. The van der Waals surface area contributed by atoms with Crippen molar-refractivity contribution in [3.63, 3.8) is 0 Å². The molecule has 1 rings (SSSR count). The summed E-state index contributed by atoms with van der Waals surface area (Å²) in [6.45, 7) is 4.47. The lowest BCUT2D eigenvalue weighted by molar-refractivity contribution is 0.0978. The molecule has 0 aliphatic carbocycles. The van der Waals surface area contributed by atoms with Crippen molar-refractivity contribution in [2.24, 2.45) is 11.8 Å².